The molecule has 0 bridgehead atoms. The minimum atomic E-state index is -0.454. The number of carbonyl (C=O) groups is 2. The molecule has 0 aliphatic carbocycles. The summed E-state index contributed by atoms with van der Waals surface area (Å²) >= 11 is 2.47. The molecule has 1 amide bonds. The van der Waals surface area contributed by atoms with Gasteiger partial charge in [-0.1, -0.05) is 30.0 Å². The van der Waals surface area contributed by atoms with Gasteiger partial charge < -0.3 is 10.1 Å². The molecule has 10 heteroatoms. The molecule has 0 atom stereocenters. The van der Waals surface area contributed by atoms with Crippen LogP contribution in [0.5, 0.6) is 0 Å². The second-order valence-electron chi connectivity index (χ2n) is 4.93. The minimum absolute atomic E-state index is 0.105. The Labute approximate surface area is 157 Å². The van der Waals surface area contributed by atoms with Crippen molar-refractivity contribution in [2.75, 3.05) is 17.7 Å². The van der Waals surface area contributed by atoms with Crippen molar-refractivity contribution >= 4 is 40.0 Å². The number of hydrogen-bond acceptors (Lipinski definition) is 8. The molecule has 2 aromatic heterocycles. The lowest BCUT2D eigenvalue weighted by molar-refractivity contribution is -0.113. The maximum atomic E-state index is 12.2. The number of thioether (sulfide) groups is 1. The SMILES string of the molecule is CCOC(=O)c1ccsc1NC(=O)CSc1nnnn1-c1ccccc1. The first-order chi connectivity index (χ1) is 12.7. The molecule has 134 valence electrons. The molecule has 1 aromatic carbocycles. The molecule has 0 unspecified atom stereocenters. The molecule has 0 saturated heterocycles. The van der Waals surface area contributed by atoms with E-state index in [1.807, 2.05) is 30.3 Å². The smallest absolute Gasteiger partial charge is 0.341 e. The standard InChI is InChI=1S/C16H15N5O3S2/c1-2-24-15(23)12-8-9-25-14(12)17-13(22)10-26-16-18-19-20-21(16)11-6-4-3-5-7-11/h3-9H,2,10H2,1H3,(H,17,22). The van der Waals surface area contributed by atoms with E-state index < -0.39 is 5.97 Å². The van der Waals surface area contributed by atoms with Gasteiger partial charge in [-0.25, -0.2) is 4.79 Å². The van der Waals surface area contributed by atoms with Crippen LogP contribution in [0.3, 0.4) is 0 Å². The summed E-state index contributed by atoms with van der Waals surface area (Å²) in [6.45, 7) is 2.01. The number of nitrogens with one attached hydrogen (secondary N) is 1. The molecule has 2 heterocycles. The first-order valence-corrected chi connectivity index (χ1v) is 9.56. The highest BCUT2D eigenvalue weighted by molar-refractivity contribution is 7.99. The van der Waals surface area contributed by atoms with Crippen molar-refractivity contribution in [3.63, 3.8) is 0 Å². The van der Waals surface area contributed by atoms with Gasteiger partial charge in [0.15, 0.2) is 0 Å². The van der Waals surface area contributed by atoms with Crippen LogP contribution in [0.4, 0.5) is 5.00 Å². The molecule has 0 aliphatic rings. The van der Waals surface area contributed by atoms with Crippen LogP contribution in [-0.2, 0) is 9.53 Å². The molecule has 26 heavy (non-hydrogen) atoms. The molecule has 1 N–H and O–H groups in total. The number of rotatable bonds is 7. The molecule has 8 nitrogen and oxygen atoms in total. The average molecular weight is 389 g/mol. The van der Waals surface area contributed by atoms with E-state index in [1.54, 1.807) is 23.1 Å². The van der Waals surface area contributed by atoms with Gasteiger partial charge in [0.05, 0.1) is 23.6 Å². The van der Waals surface area contributed by atoms with Crippen LogP contribution in [0, 0.1) is 0 Å². The van der Waals surface area contributed by atoms with Gasteiger partial charge in [-0.2, -0.15) is 4.68 Å². The number of ether oxygens (including phenoxy) is 1. The van der Waals surface area contributed by atoms with E-state index >= 15 is 0 Å². The lowest BCUT2D eigenvalue weighted by Gasteiger charge is -2.06. The van der Waals surface area contributed by atoms with Crippen molar-refractivity contribution < 1.29 is 14.3 Å². The zero-order valence-electron chi connectivity index (χ0n) is 13.8. The maximum Gasteiger partial charge on any atom is 0.341 e. The van der Waals surface area contributed by atoms with Crippen LogP contribution >= 0.6 is 23.1 Å². The number of esters is 1. The van der Waals surface area contributed by atoms with Gasteiger partial charge in [-0.15, -0.1) is 16.4 Å². The molecule has 0 radical (unpaired) electrons. The minimum Gasteiger partial charge on any atom is -0.462 e. The second kappa shape index (κ2) is 8.59. The average Bonchev–Trinajstić information content (AvgIpc) is 3.30. The van der Waals surface area contributed by atoms with Gasteiger partial charge in [0.2, 0.25) is 11.1 Å². The lowest BCUT2D eigenvalue weighted by Crippen LogP contribution is -2.16. The highest BCUT2D eigenvalue weighted by atomic mass is 32.2. The van der Waals surface area contributed by atoms with E-state index in [9.17, 15) is 9.59 Å². The van der Waals surface area contributed by atoms with Crippen molar-refractivity contribution in [2.24, 2.45) is 0 Å². The van der Waals surface area contributed by atoms with E-state index in [2.05, 4.69) is 20.8 Å². The van der Waals surface area contributed by atoms with E-state index in [0.29, 0.717) is 15.7 Å². The zero-order valence-corrected chi connectivity index (χ0v) is 15.4. The summed E-state index contributed by atoms with van der Waals surface area (Å²) in [5.41, 5.74) is 1.16. The second-order valence-corrected chi connectivity index (χ2v) is 6.79. The number of hydrogen-bond donors (Lipinski definition) is 1. The fourth-order valence-corrected chi connectivity index (χ4v) is 3.55. The first kappa shape index (κ1) is 18.1. The van der Waals surface area contributed by atoms with Crippen molar-refractivity contribution in [1.29, 1.82) is 0 Å². The molecule has 3 rings (SSSR count). The predicted octanol–water partition coefficient (Wildman–Crippen LogP) is 2.63. The van der Waals surface area contributed by atoms with Crippen molar-refractivity contribution in [3.05, 3.63) is 47.3 Å². The largest absolute Gasteiger partial charge is 0.462 e. The Morgan fingerprint density at radius 3 is 2.85 bits per heavy atom. The number of aromatic nitrogens is 4. The molecular formula is C16H15N5O3S2. The summed E-state index contributed by atoms with van der Waals surface area (Å²) in [5, 5.41) is 17.0. The van der Waals surface area contributed by atoms with Gasteiger partial charge in [-0.05, 0) is 40.9 Å². The fraction of sp³-hybridized carbons (Fsp3) is 0.188. The predicted molar refractivity (Wildman–Crippen MR) is 98.8 cm³/mol. The summed E-state index contributed by atoms with van der Waals surface area (Å²) in [6, 6.07) is 11.0. The quantitative estimate of drug-likeness (QED) is 0.490. The topological polar surface area (TPSA) is 99.0 Å². The number of amides is 1. The number of anilines is 1. The molecular weight excluding hydrogens is 374 g/mol. The molecule has 0 fully saturated rings. The zero-order chi connectivity index (χ0) is 18.4. The third-order valence-corrected chi connectivity index (χ3v) is 4.94. The van der Waals surface area contributed by atoms with E-state index in [1.165, 1.54) is 23.1 Å². The van der Waals surface area contributed by atoms with Gasteiger partial charge in [0, 0.05) is 0 Å². The van der Waals surface area contributed by atoms with Gasteiger partial charge in [0.25, 0.3) is 0 Å². The van der Waals surface area contributed by atoms with Crippen LogP contribution in [0.1, 0.15) is 17.3 Å². The van der Waals surface area contributed by atoms with E-state index in [4.69, 9.17) is 4.74 Å². The Hall–Kier alpha value is -2.72. The van der Waals surface area contributed by atoms with Crippen molar-refractivity contribution in [2.45, 2.75) is 12.1 Å². The summed E-state index contributed by atoms with van der Waals surface area (Å²) < 4.78 is 6.54. The maximum absolute atomic E-state index is 12.2. The monoisotopic (exact) mass is 389 g/mol. The van der Waals surface area contributed by atoms with Crippen molar-refractivity contribution in [1.82, 2.24) is 20.2 Å². The number of benzene rings is 1. The highest BCUT2D eigenvalue weighted by Crippen LogP contribution is 2.25. The number of para-hydroxylation sites is 1. The Bertz CT molecular complexity index is 894. The fourth-order valence-electron chi connectivity index (χ4n) is 2.07. The normalized spacial score (nSPS) is 10.5. The Balaban J connectivity index is 1.62. The number of tetrazole rings is 1. The van der Waals surface area contributed by atoms with Gasteiger partial charge in [0.1, 0.15) is 5.00 Å². The summed E-state index contributed by atoms with van der Waals surface area (Å²) in [5.74, 6) is -0.608. The van der Waals surface area contributed by atoms with E-state index in [-0.39, 0.29) is 18.3 Å². The molecule has 0 saturated carbocycles. The Morgan fingerprint density at radius 2 is 2.08 bits per heavy atom. The lowest BCUT2D eigenvalue weighted by atomic mass is 10.3. The van der Waals surface area contributed by atoms with E-state index in [0.717, 1.165) is 5.69 Å². The van der Waals surface area contributed by atoms with Crippen LogP contribution in [-0.4, -0.2) is 44.4 Å². The third kappa shape index (κ3) is 4.27. The third-order valence-electron chi connectivity index (χ3n) is 3.19. The van der Waals surface area contributed by atoms with Gasteiger partial charge >= 0.3 is 5.97 Å². The number of thiophene rings is 1. The van der Waals surface area contributed by atoms with Crippen LogP contribution in [0.15, 0.2) is 46.9 Å². The van der Waals surface area contributed by atoms with Crippen LogP contribution in [0.2, 0.25) is 0 Å². The number of carbonyl (C=O) groups excluding carboxylic acids is 2. The summed E-state index contributed by atoms with van der Waals surface area (Å²) in [6.07, 6.45) is 0. The van der Waals surface area contributed by atoms with Crippen LogP contribution < -0.4 is 5.32 Å². The van der Waals surface area contributed by atoms with Gasteiger partial charge in [-0.3, -0.25) is 4.79 Å². The van der Waals surface area contributed by atoms with Crippen LogP contribution in [0.25, 0.3) is 5.69 Å². The van der Waals surface area contributed by atoms with Crippen molar-refractivity contribution in [3.8, 4) is 5.69 Å². The summed E-state index contributed by atoms with van der Waals surface area (Å²) in [4.78, 5) is 24.1. The Kier molecular flexibility index (Phi) is 5.97. The highest BCUT2D eigenvalue weighted by Gasteiger charge is 2.17. The molecule has 3 aromatic rings. The Morgan fingerprint density at radius 1 is 1.27 bits per heavy atom. The molecule has 0 spiro atoms. The number of nitrogens with zero attached hydrogens (tertiary/aromatic N) is 4. The first-order valence-electron chi connectivity index (χ1n) is 7.70. The summed E-state index contributed by atoms with van der Waals surface area (Å²) in [7, 11) is 0. The molecule has 0 aliphatic heterocycles.